The lowest BCUT2D eigenvalue weighted by atomic mass is 10.0. The summed E-state index contributed by atoms with van der Waals surface area (Å²) in [4.78, 5) is 0. The molecule has 0 amide bonds. The van der Waals surface area contributed by atoms with E-state index in [1.54, 1.807) is 6.92 Å². The molecular formula is C14H19F5O3Si. The minimum Gasteiger partial charge on any atom is -0.379 e. The molecule has 0 aliphatic rings. The summed E-state index contributed by atoms with van der Waals surface area (Å²) in [5.41, 5.74) is -0.781. The van der Waals surface area contributed by atoms with Crippen LogP contribution in [0, 0.1) is 29.1 Å². The topological polar surface area (TPSA) is 27.7 Å². The Balaban J connectivity index is 2.54. The van der Waals surface area contributed by atoms with Crippen LogP contribution in [0.1, 0.15) is 31.7 Å². The lowest BCUT2D eigenvalue weighted by Gasteiger charge is -2.18. The van der Waals surface area contributed by atoms with E-state index in [9.17, 15) is 22.0 Å². The van der Waals surface area contributed by atoms with Crippen molar-refractivity contribution in [1.29, 1.82) is 0 Å². The van der Waals surface area contributed by atoms with Crippen LogP contribution in [0.2, 0.25) is 0 Å². The van der Waals surface area contributed by atoms with Gasteiger partial charge < -0.3 is 13.3 Å². The number of rotatable bonds is 9. The van der Waals surface area contributed by atoms with Crippen molar-refractivity contribution in [2.24, 2.45) is 0 Å². The van der Waals surface area contributed by atoms with Gasteiger partial charge >= 0.3 is 9.53 Å². The average Bonchev–Trinajstić information content (AvgIpc) is 2.55. The smallest absolute Gasteiger partial charge is 0.379 e. The van der Waals surface area contributed by atoms with Crippen LogP contribution >= 0.6 is 0 Å². The first-order chi connectivity index (χ1) is 10.8. The van der Waals surface area contributed by atoms with Crippen LogP contribution in [0.3, 0.4) is 0 Å². The molecule has 1 rings (SSSR count). The third-order valence-corrected chi connectivity index (χ3v) is 4.77. The summed E-state index contributed by atoms with van der Waals surface area (Å²) in [5, 5.41) is 0. The molecule has 0 N–H and O–H groups in total. The molecule has 132 valence electrons. The Labute approximate surface area is 133 Å². The van der Waals surface area contributed by atoms with Gasteiger partial charge in [0.15, 0.2) is 23.3 Å². The summed E-state index contributed by atoms with van der Waals surface area (Å²) in [6.45, 7) is 1.79. The Morgan fingerprint density at radius 3 is 1.78 bits per heavy atom. The fraction of sp³-hybridized carbons (Fsp3) is 0.571. The van der Waals surface area contributed by atoms with Gasteiger partial charge in [-0.25, -0.2) is 22.0 Å². The van der Waals surface area contributed by atoms with Gasteiger partial charge in [-0.3, -0.25) is 0 Å². The third-order valence-electron chi connectivity index (χ3n) is 3.32. The fourth-order valence-electron chi connectivity index (χ4n) is 2.07. The second-order valence-electron chi connectivity index (χ2n) is 5.00. The lowest BCUT2D eigenvalue weighted by molar-refractivity contribution is 0.0893. The number of benzene rings is 1. The predicted octanol–water partition coefficient (Wildman–Crippen LogP) is 3.51. The second-order valence-corrected chi connectivity index (χ2v) is 6.79. The molecule has 0 bridgehead atoms. The van der Waals surface area contributed by atoms with Gasteiger partial charge in [0.2, 0.25) is 5.82 Å². The minimum atomic E-state index is -2.16. The maximum Gasteiger partial charge on any atom is 0.483 e. The highest BCUT2D eigenvalue weighted by molar-refractivity contribution is 6.36. The molecule has 1 atom stereocenters. The summed E-state index contributed by atoms with van der Waals surface area (Å²) in [5.74, 6) is -9.50. The van der Waals surface area contributed by atoms with Gasteiger partial charge in [0.05, 0.1) is 0 Å². The van der Waals surface area contributed by atoms with E-state index in [1.165, 1.54) is 14.2 Å². The van der Waals surface area contributed by atoms with Crippen LogP contribution in [0.25, 0.3) is 0 Å². The fourth-order valence-corrected chi connectivity index (χ4v) is 3.00. The maximum absolute atomic E-state index is 13.5. The van der Waals surface area contributed by atoms with Crippen LogP contribution in [0.4, 0.5) is 22.0 Å². The highest BCUT2D eigenvalue weighted by Gasteiger charge is 2.25. The lowest BCUT2D eigenvalue weighted by Crippen LogP contribution is -2.28. The van der Waals surface area contributed by atoms with Gasteiger partial charge in [-0.05, 0) is 26.2 Å². The van der Waals surface area contributed by atoms with E-state index >= 15 is 0 Å². The van der Waals surface area contributed by atoms with Crippen molar-refractivity contribution < 1.29 is 35.2 Å². The SMILES string of the molecule is CO[SiH](OC)OC(C)CCCCc1c(F)c(F)c(F)c(F)c1F. The van der Waals surface area contributed by atoms with E-state index in [0.717, 1.165) is 0 Å². The summed E-state index contributed by atoms with van der Waals surface area (Å²) in [6, 6.07) is 0. The van der Waals surface area contributed by atoms with Crippen LogP contribution in [-0.2, 0) is 19.7 Å². The molecule has 0 aromatic heterocycles. The van der Waals surface area contributed by atoms with Crippen LogP contribution in [0.5, 0.6) is 0 Å². The highest BCUT2D eigenvalue weighted by Crippen LogP contribution is 2.24. The largest absolute Gasteiger partial charge is 0.483 e. The van der Waals surface area contributed by atoms with E-state index < -0.39 is 44.2 Å². The van der Waals surface area contributed by atoms with E-state index in [2.05, 4.69) is 0 Å². The predicted molar refractivity (Wildman–Crippen MR) is 75.5 cm³/mol. The zero-order valence-electron chi connectivity index (χ0n) is 13.1. The average molecular weight is 358 g/mol. The molecule has 3 nitrogen and oxygen atoms in total. The normalized spacial score (nSPS) is 12.9. The Bertz CT molecular complexity index is 497. The molecule has 0 saturated heterocycles. The Morgan fingerprint density at radius 1 is 0.826 bits per heavy atom. The van der Waals surface area contributed by atoms with E-state index in [0.29, 0.717) is 12.8 Å². The third kappa shape index (κ3) is 5.23. The van der Waals surface area contributed by atoms with Gasteiger partial charge in [-0.1, -0.05) is 6.42 Å². The van der Waals surface area contributed by atoms with Crippen LogP contribution in [-0.4, -0.2) is 29.9 Å². The second kappa shape index (κ2) is 9.31. The quantitative estimate of drug-likeness (QED) is 0.222. The monoisotopic (exact) mass is 358 g/mol. The van der Waals surface area contributed by atoms with Crippen molar-refractivity contribution in [2.75, 3.05) is 14.2 Å². The van der Waals surface area contributed by atoms with E-state index in [-0.39, 0.29) is 18.9 Å². The minimum absolute atomic E-state index is 0.192. The van der Waals surface area contributed by atoms with Gasteiger partial charge in [0.25, 0.3) is 0 Å². The molecule has 1 aromatic carbocycles. The van der Waals surface area contributed by atoms with Crippen molar-refractivity contribution in [1.82, 2.24) is 0 Å². The molecule has 0 aliphatic carbocycles. The van der Waals surface area contributed by atoms with E-state index in [4.69, 9.17) is 13.3 Å². The zero-order chi connectivity index (χ0) is 17.6. The van der Waals surface area contributed by atoms with Gasteiger partial charge in [-0.15, -0.1) is 0 Å². The van der Waals surface area contributed by atoms with Gasteiger partial charge in [0, 0.05) is 25.9 Å². The molecule has 0 radical (unpaired) electrons. The van der Waals surface area contributed by atoms with Crippen molar-refractivity contribution in [3.63, 3.8) is 0 Å². The molecule has 23 heavy (non-hydrogen) atoms. The van der Waals surface area contributed by atoms with Crippen LogP contribution in [0.15, 0.2) is 0 Å². The first-order valence-electron chi connectivity index (χ1n) is 7.04. The highest BCUT2D eigenvalue weighted by atomic mass is 28.3. The first-order valence-corrected chi connectivity index (χ1v) is 8.46. The number of hydrogen-bond donors (Lipinski definition) is 0. The van der Waals surface area contributed by atoms with Gasteiger partial charge in [-0.2, -0.15) is 0 Å². The molecule has 0 fully saturated rings. The summed E-state index contributed by atoms with van der Waals surface area (Å²) in [7, 11) is 0.780. The molecule has 0 spiro atoms. The molecule has 0 aliphatic heterocycles. The molecule has 1 aromatic rings. The summed E-state index contributed by atoms with van der Waals surface area (Å²) in [6.07, 6.45) is 0.871. The maximum atomic E-state index is 13.5. The number of hydrogen-bond acceptors (Lipinski definition) is 3. The Hall–Kier alpha value is -1.03. The molecule has 9 heteroatoms. The summed E-state index contributed by atoms with van der Waals surface area (Å²) >= 11 is 0. The van der Waals surface area contributed by atoms with Crippen molar-refractivity contribution in [2.45, 2.75) is 38.7 Å². The van der Waals surface area contributed by atoms with Crippen molar-refractivity contribution in [3.8, 4) is 0 Å². The Morgan fingerprint density at radius 2 is 1.30 bits per heavy atom. The zero-order valence-corrected chi connectivity index (χ0v) is 14.3. The summed E-state index contributed by atoms with van der Waals surface area (Å²) < 4.78 is 81.5. The van der Waals surface area contributed by atoms with E-state index in [1.807, 2.05) is 0 Å². The Kier molecular flexibility index (Phi) is 8.10. The standard InChI is InChI=1S/C14H19F5O3Si/c1-8(22-23(20-2)21-3)6-4-5-7-9-10(15)12(17)14(19)13(18)11(9)16/h8,23H,4-7H2,1-3H3. The molecule has 0 heterocycles. The molecule has 1 unspecified atom stereocenters. The number of halogens is 5. The van der Waals surface area contributed by atoms with Gasteiger partial charge in [0.1, 0.15) is 0 Å². The molecule has 0 saturated carbocycles. The van der Waals surface area contributed by atoms with Crippen LogP contribution < -0.4 is 0 Å². The van der Waals surface area contributed by atoms with Crippen molar-refractivity contribution >= 4 is 9.53 Å². The van der Waals surface area contributed by atoms with Crippen molar-refractivity contribution in [3.05, 3.63) is 34.6 Å². The number of unbranched alkanes of at least 4 members (excludes halogenated alkanes) is 1. The molecular weight excluding hydrogens is 339 g/mol. The first kappa shape index (κ1) is 20.0.